The Kier molecular flexibility index (Phi) is 7.59. The monoisotopic (exact) mass is 481 g/mol. The van der Waals surface area contributed by atoms with Crippen molar-refractivity contribution in [3.05, 3.63) is 21.6 Å². The number of hydrogen-bond acceptors (Lipinski definition) is 7. The molecule has 0 unspecified atom stereocenters. The highest BCUT2D eigenvalue weighted by molar-refractivity contribution is 6.33. The molecule has 1 aromatic heterocycles. The molecule has 12 heteroatoms. The molecular weight excluding hydrogens is 450 g/mol. The molecule has 1 saturated heterocycles. The normalized spacial score (nSPS) is 24.9. The third-order valence-electron chi connectivity index (χ3n) is 6.36. The van der Waals surface area contributed by atoms with Crippen molar-refractivity contribution in [3.8, 4) is 0 Å². The SMILES string of the molecule is NCCn1ncc(N2CC[C@@H](OC(=O)N[C@H]3CC[C@@H](NC(=O)NC4CC4)CC3)C2)c(Cl)c1=O. The first-order valence-corrected chi connectivity index (χ1v) is 12.1. The van der Waals surface area contributed by atoms with E-state index in [-0.39, 0.29) is 34.8 Å². The molecule has 0 radical (unpaired) electrons. The molecule has 2 aliphatic carbocycles. The lowest BCUT2D eigenvalue weighted by Crippen LogP contribution is -2.47. The van der Waals surface area contributed by atoms with E-state index in [1.54, 1.807) is 6.20 Å². The van der Waals surface area contributed by atoms with Gasteiger partial charge in [-0.3, -0.25) is 4.79 Å². The Balaban J connectivity index is 1.19. The summed E-state index contributed by atoms with van der Waals surface area (Å²) in [4.78, 5) is 38.5. The van der Waals surface area contributed by atoms with Gasteiger partial charge in [0.1, 0.15) is 11.1 Å². The number of alkyl carbamates (subject to hydrolysis) is 1. The smallest absolute Gasteiger partial charge is 0.407 e. The Hall–Kier alpha value is -2.53. The number of urea groups is 1. The van der Waals surface area contributed by atoms with Gasteiger partial charge in [0.15, 0.2) is 0 Å². The van der Waals surface area contributed by atoms with E-state index in [0.717, 1.165) is 38.5 Å². The van der Waals surface area contributed by atoms with Crippen LogP contribution in [0.2, 0.25) is 5.02 Å². The molecular formula is C21H32ClN7O4. The standard InChI is InChI=1S/C21H32ClN7O4/c22-18-17(11-24-29(10-8-23)19(18)30)28-9-7-16(12-28)33-21(32)27-15-5-3-14(4-6-15)26-20(31)25-13-1-2-13/h11,13-16H,1-10,12,23H2,(H,27,32)(H2,25,26,31)/t14-,15+,16-/m1/s1. The molecule has 182 valence electrons. The Labute approximate surface area is 197 Å². The van der Waals surface area contributed by atoms with Crippen LogP contribution in [0.5, 0.6) is 0 Å². The first-order valence-electron chi connectivity index (χ1n) is 11.7. The van der Waals surface area contributed by atoms with E-state index in [9.17, 15) is 14.4 Å². The minimum atomic E-state index is -0.438. The number of halogens is 1. The fourth-order valence-corrected chi connectivity index (χ4v) is 4.64. The maximum atomic E-state index is 12.4. The molecule has 33 heavy (non-hydrogen) atoms. The molecule has 1 aromatic rings. The van der Waals surface area contributed by atoms with E-state index in [4.69, 9.17) is 22.1 Å². The molecule has 0 aromatic carbocycles. The fraction of sp³-hybridized carbons (Fsp3) is 0.714. The van der Waals surface area contributed by atoms with Gasteiger partial charge in [-0.2, -0.15) is 5.10 Å². The Morgan fingerprint density at radius 1 is 1.06 bits per heavy atom. The van der Waals surface area contributed by atoms with Gasteiger partial charge in [0.2, 0.25) is 0 Å². The van der Waals surface area contributed by atoms with Gasteiger partial charge in [-0.1, -0.05) is 11.6 Å². The van der Waals surface area contributed by atoms with Crippen molar-refractivity contribution in [1.29, 1.82) is 0 Å². The number of anilines is 1. The van der Waals surface area contributed by atoms with Gasteiger partial charge < -0.3 is 31.3 Å². The summed E-state index contributed by atoms with van der Waals surface area (Å²) in [5, 5.41) is 13.1. The number of rotatable bonds is 7. The second-order valence-corrected chi connectivity index (χ2v) is 9.39. The van der Waals surface area contributed by atoms with Crippen LogP contribution in [0.25, 0.3) is 0 Å². The van der Waals surface area contributed by atoms with Gasteiger partial charge in [-0.15, -0.1) is 0 Å². The Morgan fingerprint density at radius 3 is 2.27 bits per heavy atom. The van der Waals surface area contributed by atoms with Crippen molar-refractivity contribution < 1.29 is 14.3 Å². The van der Waals surface area contributed by atoms with Gasteiger partial charge >= 0.3 is 12.1 Å². The van der Waals surface area contributed by atoms with E-state index >= 15 is 0 Å². The highest BCUT2D eigenvalue weighted by Crippen LogP contribution is 2.26. The second kappa shape index (κ2) is 10.6. The molecule has 1 atom stereocenters. The van der Waals surface area contributed by atoms with Crippen LogP contribution >= 0.6 is 11.6 Å². The average Bonchev–Trinajstić information content (AvgIpc) is 3.48. The fourth-order valence-electron chi connectivity index (χ4n) is 4.38. The number of amides is 3. The number of carbonyl (C=O) groups is 2. The van der Waals surface area contributed by atoms with Crippen molar-refractivity contribution >= 4 is 29.4 Å². The van der Waals surface area contributed by atoms with Crippen LogP contribution in [0.15, 0.2) is 11.0 Å². The van der Waals surface area contributed by atoms with Crippen LogP contribution in [0.3, 0.4) is 0 Å². The summed E-state index contributed by atoms with van der Waals surface area (Å²) in [6, 6.07) is 0.424. The molecule has 4 rings (SSSR count). The summed E-state index contributed by atoms with van der Waals surface area (Å²) in [6.45, 7) is 1.66. The number of carbonyl (C=O) groups excluding carboxylic acids is 2. The molecule has 2 saturated carbocycles. The zero-order valence-corrected chi connectivity index (χ0v) is 19.4. The number of hydrogen-bond donors (Lipinski definition) is 4. The lowest BCUT2D eigenvalue weighted by atomic mass is 9.91. The maximum absolute atomic E-state index is 12.4. The molecule has 0 spiro atoms. The maximum Gasteiger partial charge on any atom is 0.407 e. The van der Waals surface area contributed by atoms with E-state index in [0.29, 0.717) is 44.3 Å². The largest absolute Gasteiger partial charge is 0.444 e. The lowest BCUT2D eigenvalue weighted by Gasteiger charge is -2.29. The number of nitrogens with two attached hydrogens (primary N) is 1. The summed E-state index contributed by atoms with van der Waals surface area (Å²) < 4.78 is 6.85. The van der Waals surface area contributed by atoms with E-state index in [1.165, 1.54) is 4.68 Å². The highest BCUT2D eigenvalue weighted by atomic mass is 35.5. The number of ether oxygens (including phenoxy) is 1. The van der Waals surface area contributed by atoms with Crippen LogP contribution in [0.1, 0.15) is 44.9 Å². The van der Waals surface area contributed by atoms with Crippen molar-refractivity contribution in [1.82, 2.24) is 25.7 Å². The van der Waals surface area contributed by atoms with Gasteiger partial charge in [0, 0.05) is 37.6 Å². The number of aromatic nitrogens is 2. The molecule has 0 bridgehead atoms. The third kappa shape index (κ3) is 6.29. The van der Waals surface area contributed by atoms with Gasteiger partial charge in [0.05, 0.1) is 25.0 Å². The van der Waals surface area contributed by atoms with Gasteiger partial charge in [-0.25, -0.2) is 14.3 Å². The van der Waals surface area contributed by atoms with Crippen LogP contribution in [-0.2, 0) is 11.3 Å². The van der Waals surface area contributed by atoms with E-state index in [2.05, 4.69) is 21.0 Å². The minimum absolute atomic E-state index is 0.0355. The molecule has 11 nitrogen and oxygen atoms in total. The van der Waals surface area contributed by atoms with Crippen LogP contribution in [-0.4, -0.2) is 65.8 Å². The zero-order valence-electron chi connectivity index (χ0n) is 18.6. The van der Waals surface area contributed by atoms with Gasteiger partial charge in [-0.05, 0) is 38.5 Å². The third-order valence-corrected chi connectivity index (χ3v) is 6.72. The van der Waals surface area contributed by atoms with Crippen molar-refractivity contribution in [2.45, 2.75) is 75.7 Å². The van der Waals surface area contributed by atoms with E-state index in [1.807, 2.05) is 4.90 Å². The second-order valence-electron chi connectivity index (χ2n) is 9.01. The molecule has 2 heterocycles. The van der Waals surface area contributed by atoms with E-state index < -0.39 is 6.09 Å². The van der Waals surface area contributed by atoms with Crippen molar-refractivity contribution in [3.63, 3.8) is 0 Å². The Bertz CT molecular complexity index is 914. The molecule has 3 aliphatic rings. The first-order chi connectivity index (χ1) is 15.9. The average molecular weight is 482 g/mol. The highest BCUT2D eigenvalue weighted by Gasteiger charge is 2.30. The Morgan fingerprint density at radius 2 is 1.67 bits per heavy atom. The predicted molar refractivity (Wildman–Crippen MR) is 124 cm³/mol. The summed E-state index contributed by atoms with van der Waals surface area (Å²) in [7, 11) is 0. The molecule has 3 fully saturated rings. The summed E-state index contributed by atoms with van der Waals surface area (Å²) in [5.74, 6) is 0. The summed E-state index contributed by atoms with van der Waals surface area (Å²) >= 11 is 6.26. The first kappa shape index (κ1) is 23.6. The molecule has 1 aliphatic heterocycles. The van der Waals surface area contributed by atoms with Crippen LogP contribution in [0, 0.1) is 0 Å². The number of nitrogens with one attached hydrogen (secondary N) is 3. The van der Waals surface area contributed by atoms with Crippen molar-refractivity contribution in [2.24, 2.45) is 5.73 Å². The lowest BCUT2D eigenvalue weighted by molar-refractivity contribution is 0.102. The minimum Gasteiger partial charge on any atom is -0.444 e. The zero-order chi connectivity index (χ0) is 23.4. The summed E-state index contributed by atoms with van der Waals surface area (Å²) in [5.41, 5.74) is 5.65. The number of nitrogens with zero attached hydrogens (tertiary/aromatic N) is 3. The van der Waals surface area contributed by atoms with Crippen LogP contribution < -0.4 is 32.1 Å². The summed E-state index contributed by atoms with van der Waals surface area (Å²) in [6.07, 6.45) is 6.82. The topological polar surface area (TPSA) is 144 Å². The molecule has 3 amide bonds. The predicted octanol–water partition coefficient (Wildman–Crippen LogP) is 0.933. The van der Waals surface area contributed by atoms with Crippen LogP contribution in [0.4, 0.5) is 15.3 Å². The van der Waals surface area contributed by atoms with Crippen molar-refractivity contribution in [2.75, 3.05) is 24.5 Å². The quantitative estimate of drug-likeness (QED) is 0.453. The molecule has 5 N–H and O–H groups in total. The van der Waals surface area contributed by atoms with Gasteiger partial charge in [0.25, 0.3) is 5.56 Å².